The lowest BCUT2D eigenvalue weighted by Gasteiger charge is -2.23. The molecule has 0 aliphatic carbocycles. The molecular weight excluding hydrogens is 318 g/mol. The average Bonchev–Trinajstić information content (AvgIpc) is 2.82. The summed E-state index contributed by atoms with van der Waals surface area (Å²) >= 11 is 0. The Balaban J connectivity index is 2.33. The van der Waals surface area contributed by atoms with Crippen molar-refractivity contribution in [3.63, 3.8) is 0 Å². The van der Waals surface area contributed by atoms with Crippen LogP contribution in [0.3, 0.4) is 0 Å². The second-order valence-corrected chi connectivity index (χ2v) is 8.88. The number of hydrogen-bond donors (Lipinski definition) is 0. The fraction of sp³-hybridized carbons (Fsp3) is 0.478. The highest BCUT2D eigenvalue weighted by molar-refractivity contribution is 5.83. The fourth-order valence-corrected chi connectivity index (χ4v) is 3.50. The van der Waals surface area contributed by atoms with E-state index in [-0.39, 0.29) is 5.41 Å². The zero-order chi connectivity index (χ0) is 19.4. The molecule has 2 heterocycles. The summed E-state index contributed by atoms with van der Waals surface area (Å²) in [6.07, 6.45) is 0. The maximum absolute atomic E-state index is 5.00. The predicted molar refractivity (Wildman–Crippen MR) is 111 cm³/mol. The van der Waals surface area contributed by atoms with Gasteiger partial charge >= 0.3 is 0 Å². The molecule has 0 amide bonds. The van der Waals surface area contributed by atoms with Crippen LogP contribution in [0.2, 0.25) is 0 Å². The van der Waals surface area contributed by atoms with E-state index in [4.69, 9.17) is 9.97 Å². The first-order valence-electron chi connectivity index (χ1n) is 9.46. The van der Waals surface area contributed by atoms with Crippen LogP contribution >= 0.6 is 0 Å². The van der Waals surface area contributed by atoms with E-state index < -0.39 is 0 Å². The van der Waals surface area contributed by atoms with Crippen molar-refractivity contribution in [1.29, 1.82) is 0 Å². The SMILES string of the molecule is Cc1cc2nc(-c3c(C(C)C)cc(C(C)(C)C)nc3C)n(C)c2cc1C. The molecule has 0 radical (unpaired) electrons. The summed E-state index contributed by atoms with van der Waals surface area (Å²) in [4.78, 5) is 9.96. The highest BCUT2D eigenvalue weighted by Gasteiger charge is 2.23. The first kappa shape index (κ1) is 18.6. The molecule has 0 saturated heterocycles. The van der Waals surface area contributed by atoms with Crippen molar-refractivity contribution >= 4 is 11.0 Å². The van der Waals surface area contributed by atoms with Gasteiger partial charge < -0.3 is 4.57 Å². The van der Waals surface area contributed by atoms with Gasteiger partial charge in [-0.1, -0.05) is 34.6 Å². The lowest BCUT2D eigenvalue weighted by molar-refractivity contribution is 0.565. The quantitative estimate of drug-likeness (QED) is 0.569. The van der Waals surface area contributed by atoms with Crippen LogP contribution in [-0.2, 0) is 12.5 Å². The van der Waals surface area contributed by atoms with Crippen LogP contribution in [0.1, 0.15) is 68.6 Å². The molecule has 3 nitrogen and oxygen atoms in total. The zero-order valence-electron chi connectivity index (χ0n) is 17.7. The highest BCUT2D eigenvalue weighted by Crippen LogP contribution is 2.35. The van der Waals surface area contributed by atoms with Crippen molar-refractivity contribution in [2.24, 2.45) is 7.05 Å². The molecule has 26 heavy (non-hydrogen) atoms. The molecule has 138 valence electrons. The van der Waals surface area contributed by atoms with E-state index in [1.54, 1.807) is 0 Å². The Kier molecular flexibility index (Phi) is 4.46. The summed E-state index contributed by atoms with van der Waals surface area (Å²) in [5, 5.41) is 0. The molecule has 0 aliphatic rings. The standard InChI is InChI=1S/C23H31N3/c1-13(2)17-12-20(23(6,7)8)24-16(5)21(17)22-25-18-10-14(3)15(4)11-19(18)26(22)9/h10-13H,1-9H3. The lowest BCUT2D eigenvalue weighted by atomic mass is 9.87. The third kappa shape index (κ3) is 3.04. The highest BCUT2D eigenvalue weighted by atomic mass is 15.1. The van der Waals surface area contributed by atoms with Gasteiger partial charge in [-0.3, -0.25) is 4.98 Å². The molecule has 0 N–H and O–H groups in total. The molecule has 0 bridgehead atoms. The van der Waals surface area contributed by atoms with Gasteiger partial charge in [-0.05, 0) is 61.6 Å². The number of benzene rings is 1. The van der Waals surface area contributed by atoms with E-state index in [1.807, 2.05) is 0 Å². The first-order valence-corrected chi connectivity index (χ1v) is 9.46. The molecule has 0 spiro atoms. The maximum atomic E-state index is 5.00. The van der Waals surface area contributed by atoms with Crippen molar-refractivity contribution in [2.45, 2.75) is 66.7 Å². The second-order valence-electron chi connectivity index (χ2n) is 8.88. The number of aryl methyl sites for hydroxylation is 4. The van der Waals surface area contributed by atoms with Crippen molar-refractivity contribution in [3.05, 3.63) is 46.3 Å². The maximum Gasteiger partial charge on any atom is 0.142 e. The minimum Gasteiger partial charge on any atom is -0.327 e. The van der Waals surface area contributed by atoms with Crippen LogP contribution in [0.25, 0.3) is 22.4 Å². The van der Waals surface area contributed by atoms with Gasteiger partial charge in [-0.2, -0.15) is 0 Å². The fourth-order valence-electron chi connectivity index (χ4n) is 3.50. The molecule has 0 aliphatic heterocycles. The number of aromatic nitrogens is 3. The number of hydrogen-bond acceptors (Lipinski definition) is 2. The number of fused-ring (bicyclic) bond motifs is 1. The molecule has 2 aromatic heterocycles. The molecule has 3 aromatic rings. The summed E-state index contributed by atoms with van der Waals surface area (Å²) in [6, 6.07) is 6.71. The number of pyridine rings is 1. The summed E-state index contributed by atoms with van der Waals surface area (Å²) < 4.78 is 2.22. The summed E-state index contributed by atoms with van der Waals surface area (Å²) in [5.41, 5.74) is 9.57. The van der Waals surface area contributed by atoms with Crippen LogP contribution < -0.4 is 0 Å². The molecule has 1 aromatic carbocycles. The van der Waals surface area contributed by atoms with Crippen LogP contribution in [0, 0.1) is 20.8 Å². The van der Waals surface area contributed by atoms with Gasteiger partial charge in [-0.15, -0.1) is 0 Å². The van der Waals surface area contributed by atoms with E-state index in [2.05, 4.69) is 85.2 Å². The largest absolute Gasteiger partial charge is 0.327 e. The minimum absolute atomic E-state index is 0.0352. The van der Waals surface area contributed by atoms with Gasteiger partial charge in [-0.25, -0.2) is 4.98 Å². The van der Waals surface area contributed by atoms with Crippen molar-refractivity contribution in [3.8, 4) is 11.4 Å². The number of imidazole rings is 1. The van der Waals surface area contributed by atoms with Gasteiger partial charge in [0.05, 0.1) is 11.0 Å². The van der Waals surface area contributed by atoms with Crippen molar-refractivity contribution < 1.29 is 0 Å². The molecule has 0 atom stereocenters. The third-order valence-electron chi connectivity index (χ3n) is 5.34. The summed E-state index contributed by atoms with van der Waals surface area (Å²) in [5.74, 6) is 1.43. The molecule has 3 heteroatoms. The molecule has 3 rings (SSSR count). The third-order valence-corrected chi connectivity index (χ3v) is 5.34. The normalized spacial score (nSPS) is 12.4. The van der Waals surface area contributed by atoms with Crippen LogP contribution in [0.5, 0.6) is 0 Å². The molecule has 0 fully saturated rings. The van der Waals surface area contributed by atoms with Gasteiger partial charge in [0.25, 0.3) is 0 Å². The van der Waals surface area contributed by atoms with E-state index in [9.17, 15) is 0 Å². The predicted octanol–water partition coefficient (Wildman–Crippen LogP) is 5.98. The van der Waals surface area contributed by atoms with Crippen LogP contribution in [0.4, 0.5) is 0 Å². The van der Waals surface area contributed by atoms with Gasteiger partial charge in [0, 0.05) is 29.4 Å². The smallest absolute Gasteiger partial charge is 0.142 e. The summed E-state index contributed by atoms with van der Waals surface area (Å²) in [6.45, 7) is 17.6. The minimum atomic E-state index is 0.0352. The van der Waals surface area contributed by atoms with Crippen LogP contribution in [0.15, 0.2) is 18.2 Å². The Morgan fingerprint density at radius 2 is 1.54 bits per heavy atom. The molecule has 0 unspecified atom stereocenters. The Labute approximate surface area is 157 Å². The van der Waals surface area contributed by atoms with E-state index in [0.29, 0.717) is 5.92 Å². The first-order chi connectivity index (χ1) is 12.0. The van der Waals surface area contributed by atoms with Crippen molar-refractivity contribution in [2.75, 3.05) is 0 Å². The van der Waals surface area contributed by atoms with Crippen molar-refractivity contribution in [1.82, 2.24) is 14.5 Å². The molecular formula is C23H31N3. The Morgan fingerprint density at radius 1 is 0.923 bits per heavy atom. The van der Waals surface area contributed by atoms with E-state index >= 15 is 0 Å². The second kappa shape index (κ2) is 6.22. The van der Waals surface area contributed by atoms with Gasteiger partial charge in [0.2, 0.25) is 0 Å². The molecule has 0 saturated carbocycles. The topological polar surface area (TPSA) is 30.7 Å². The zero-order valence-corrected chi connectivity index (χ0v) is 17.7. The van der Waals surface area contributed by atoms with Gasteiger partial charge in [0.1, 0.15) is 5.82 Å². The number of nitrogens with zero attached hydrogens (tertiary/aromatic N) is 3. The van der Waals surface area contributed by atoms with Crippen LogP contribution in [-0.4, -0.2) is 14.5 Å². The monoisotopic (exact) mass is 349 g/mol. The van der Waals surface area contributed by atoms with E-state index in [0.717, 1.165) is 22.7 Å². The Morgan fingerprint density at radius 3 is 2.12 bits per heavy atom. The number of rotatable bonds is 2. The Hall–Kier alpha value is -2.16. The summed E-state index contributed by atoms with van der Waals surface area (Å²) in [7, 11) is 2.11. The average molecular weight is 350 g/mol. The Bertz CT molecular complexity index is 985. The van der Waals surface area contributed by atoms with E-state index in [1.165, 1.54) is 27.8 Å². The van der Waals surface area contributed by atoms with Gasteiger partial charge in [0.15, 0.2) is 0 Å². The lowest BCUT2D eigenvalue weighted by Crippen LogP contribution is -2.16.